The van der Waals surface area contributed by atoms with Crippen LogP contribution in [0.2, 0.25) is 0 Å². The predicted molar refractivity (Wildman–Crippen MR) is 134 cm³/mol. The van der Waals surface area contributed by atoms with Crippen LogP contribution in [0.3, 0.4) is 0 Å². The smallest absolute Gasteiger partial charge is 0.256 e. The van der Waals surface area contributed by atoms with Gasteiger partial charge in [-0.15, -0.1) is 11.3 Å². The Morgan fingerprint density at radius 3 is 2.53 bits per heavy atom. The van der Waals surface area contributed by atoms with Crippen molar-refractivity contribution in [3.8, 4) is 0 Å². The van der Waals surface area contributed by atoms with Crippen LogP contribution < -0.4 is 10.6 Å². The van der Waals surface area contributed by atoms with E-state index in [1.165, 1.54) is 35.6 Å². The zero-order chi connectivity index (χ0) is 24.5. The predicted octanol–water partition coefficient (Wildman–Crippen LogP) is 3.30. The van der Waals surface area contributed by atoms with Gasteiger partial charge in [-0.25, -0.2) is 8.42 Å². The van der Waals surface area contributed by atoms with Crippen LogP contribution in [0.1, 0.15) is 63.8 Å². The van der Waals surface area contributed by atoms with E-state index >= 15 is 0 Å². The molecule has 0 radical (unpaired) electrons. The van der Waals surface area contributed by atoms with Crippen molar-refractivity contribution in [2.75, 3.05) is 32.5 Å². The number of amides is 2. The zero-order valence-electron chi connectivity index (χ0n) is 19.9. The molecular weight excluding hydrogens is 472 g/mol. The molecule has 1 saturated heterocycles. The maximum Gasteiger partial charge on any atom is 0.256 e. The molecule has 0 saturated carbocycles. The number of carbonyl (C=O) groups excluding carboxylic acids is 2. The molecule has 0 aliphatic carbocycles. The highest BCUT2D eigenvalue weighted by molar-refractivity contribution is 7.89. The number of hydrogen-bond donors (Lipinski definition) is 2. The van der Waals surface area contributed by atoms with Crippen LogP contribution in [-0.2, 0) is 23.0 Å². The van der Waals surface area contributed by atoms with Crippen LogP contribution in [0.25, 0.3) is 0 Å². The summed E-state index contributed by atoms with van der Waals surface area (Å²) in [7, 11) is 0.00410. The Hall–Kier alpha value is -2.27. The van der Waals surface area contributed by atoms with Gasteiger partial charge in [0.1, 0.15) is 5.00 Å². The summed E-state index contributed by atoms with van der Waals surface area (Å²) in [6.07, 6.45) is 4.33. The number of likely N-dealkylation sites (N-methyl/N-ethyl adjacent to an activating group) is 1. The number of benzene rings is 1. The van der Waals surface area contributed by atoms with Gasteiger partial charge in [0.15, 0.2) is 0 Å². The first kappa shape index (κ1) is 24.8. The second kappa shape index (κ2) is 10.2. The third-order valence-corrected chi connectivity index (χ3v) is 9.79. The number of nitrogens with one attached hydrogen (secondary N) is 2. The molecule has 184 valence electrons. The van der Waals surface area contributed by atoms with E-state index in [4.69, 9.17) is 0 Å². The molecule has 2 aliphatic rings. The second-order valence-corrected chi connectivity index (χ2v) is 11.9. The average molecular weight is 505 g/mol. The van der Waals surface area contributed by atoms with E-state index in [0.29, 0.717) is 22.7 Å². The van der Waals surface area contributed by atoms with Gasteiger partial charge < -0.3 is 15.5 Å². The maximum atomic E-state index is 13.2. The Labute approximate surface area is 205 Å². The molecule has 2 amide bonds. The first-order chi connectivity index (χ1) is 16.3. The largest absolute Gasteiger partial charge is 0.355 e. The normalized spacial score (nSPS) is 19.4. The number of sulfonamides is 1. The van der Waals surface area contributed by atoms with Gasteiger partial charge in [-0.05, 0) is 62.6 Å². The summed E-state index contributed by atoms with van der Waals surface area (Å²) < 4.78 is 28.0. The Morgan fingerprint density at radius 1 is 1.12 bits per heavy atom. The van der Waals surface area contributed by atoms with Crippen molar-refractivity contribution in [3.63, 3.8) is 0 Å². The molecule has 0 spiro atoms. The summed E-state index contributed by atoms with van der Waals surface area (Å²) in [5, 5.41) is 6.10. The van der Waals surface area contributed by atoms with Crippen LogP contribution in [0.15, 0.2) is 29.2 Å². The van der Waals surface area contributed by atoms with E-state index in [9.17, 15) is 18.0 Å². The van der Waals surface area contributed by atoms with Crippen molar-refractivity contribution in [1.29, 1.82) is 0 Å². The van der Waals surface area contributed by atoms with Gasteiger partial charge in [0.2, 0.25) is 10.0 Å². The zero-order valence-corrected chi connectivity index (χ0v) is 21.5. The van der Waals surface area contributed by atoms with Gasteiger partial charge in [0.25, 0.3) is 11.8 Å². The van der Waals surface area contributed by atoms with Crippen LogP contribution in [-0.4, -0.2) is 62.7 Å². The van der Waals surface area contributed by atoms with Gasteiger partial charge in [-0.2, -0.15) is 4.31 Å². The van der Waals surface area contributed by atoms with Crippen molar-refractivity contribution in [3.05, 3.63) is 45.8 Å². The summed E-state index contributed by atoms with van der Waals surface area (Å²) in [4.78, 5) is 29.1. The van der Waals surface area contributed by atoms with Gasteiger partial charge in [-0.3, -0.25) is 9.59 Å². The minimum absolute atomic E-state index is 0.0220. The van der Waals surface area contributed by atoms with Crippen molar-refractivity contribution >= 4 is 38.2 Å². The van der Waals surface area contributed by atoms with Gasteiger partial charge in [0, 0.05) is 43.2 Å². The SMILES string of the molecule is CCC1CCCCN1S(=O)(=O)c1ccc(C(=O)Nc2sc3c(c2C(=O)NC)CCN(C)C3)cc1. The van der Waals surface area contributed by atoms with Gasteiger partial charge >= 0.3 is 0 Å². The highest BCUT2D eigenvalue weighted by Crippen LogP contribution is 2.37. The molecule has 2 aliphatic heterocycles. The molecule has 3 heterocycles. The number of anilines is 1. The summed E-state index contributed by atoms with van der Waals surface area (Å²) >= 11 is 1.42. The number of fused-ring (bicyclic) bond motifs is 1. The Kier molecular flexibility index (Phi) is 7.42. The maximum absolute atomic E-state index is 13.2. The van der Waals surface area contributed by atoms with Crippen molar-refractivity contribution < 1.29 is 18.0 Å². The van der Waals surface area contributed by atoms with E-state index in [2.05, 4.69) is 15.5 Å². The van der Waals surface area contributed by atoms with Crippen molar-refractivity contribution in [1.82, 2.24) is 14.5 Å². The third-order valence-electron chi connectivity index (χ3n) is 6.70. The molecule has 0 bridgehead atoms. The first-order valence-corrected chi connectivity index (χ1v) is 14.0. The second-order valence-electron chi connectivity index (χ2n) is 8.93. The summed E-state index contributed by atoms with van der Waals surface area (Å²) in [6, 6.07) is 6.09. The lowest BCUT2D eigenvalue weighted by atomic mass is 10.0. The minimum Gasteiger partial charge on any atom is -0.355 e. The summed E-state index contributed by atoms with van der Waals surface area (Å²) in [5.41, 5.74) is 1.86. The Balaban J connectivity index is 1.56. The van der Waals surface area contributed by atoms with Crippen LogP contribution in [0.5, 0.6) is 0 Å². The highest BCUT2D eigenvalue weighted by Gasteiger charge is 2.32. The fourth-order valence-electron chi connectivity index (χ4n) is 4.77. The van der Waals surface area contributed by atoms with Crippen molar-refractivity contribution in [2.45, 2.75) is 56.5 Å². The minimum atomic E-state index is -3.61. The molecule has 2 N–H and O–H groups in total. The lowest BCUT2D eigenvalue weighted by Crippen LogP contribution is -2.43. The number of carbonyl (C=O) groups is 2. The third kappa shape index (κ3) is 4.77. The van der Waals surface area contributed by atoms with E-state index in [0.717, 1.165) is 55.6 Å². The molecule has 2 aromatic rings. The van der Waals surface area contributed by atoms with Crippen LogP contribution in [0, 0.1) is 0 Å². The molecule has 1 unspecified atom stereocenters. The topological polar surface area (TPSA) is 98.8 Å². The van der Waals surface area contributed by atoms with E-state index in [1.807, 2.05) is 14.0 Å². The first-order valence-electron chi connectivity index (χ1n) is 11.7. The molecule has 34 heavy (non-hydrogen) atoms. The fraction of sp³-hybridized carbons (Fsp3) is 0.500. The van der Waals surface area contributed by atoms with E-state index < -0.39 is 10.0 Å². The lowest BCUT2D eigenvalue weighted by molar-refractivity contribution is 0.0962. The monoisotopic (exact) mass is 504 g/mol. The van der Waals surface area contributed by atoms with Crippen molar-refractivity contribution in [2.24, 2.45) is 0 Å². The molecule has 1 fully saturated rings. The standard InChI is InChI=1S/C24H32N4O4S2/c1-4-17-7-5-6-13-28(17)34(31,32)18-10-8-16(9-11-18)22(29)26-24-21(23(30)25-2)19-12-14-27(3)15-20(19)33-24/h8-11,17H,4-7,12-15H2,1-3H3,(H,25,30)(H,26,29). The molecule has 1 atom stereocenters. The number of hydrogen-bond acceptors (Lipinski definition) is 6. The number of piperidine rings is 1. The molecule has 1 aromatic carbocycles. The Bertz CT molecular complexity index is 1170. The van der Waals surface area contributed by atoms with Gasteiger partial charge in [-0.1, -0.05) is 13.3 Å². The molecule has 1 aromatic heterocycles. The van der Waals surface area contributed by atoms with E-state index in [-0.39, 0.29) is 22.8 Å². The van der Waals surface area contributed by atoms with Gasteiger partial charge in [0.05, 0.1) is 10.5 Å². The van der Waals surface area contributed by atoms with E-state index in [1.54, 1.807) is 11.4 Å². The summed E-state index contributed by atoms with van der Waals surface area (Å²) in [5.74, 6) is -0.587. The molecule has 8 nitrogen and oxygen atoms in total. The van der Waals surface area contributed by atoms with Crippen LogP contribution >= 0.6 is 11.3 Å². The number of thiophene rings is 1. The number of nitrogens with zero attached hydrogens (tertiary/aromatic N) is 2. The molecule has 4 rings (SSSR count). The quantitative estimate of drug-likeness (QED) is 0.629. The van der Waals surface area contributed by atoms with Crippen LogP contribution in [0.4, 0.5) is 5.00 Å². The number of rotatable bonds is 6. The lowest BCUT2D eigenvalue weighted by Gasteiger charge is -2.34. The molecular formula is C24H32N4O4S2. The molecule has 10 heteroatoms. The fourth-order valence-corrected chi connectivity index (χ4v) is 7.86. The average Bonchev–Trinajstić information content (AvgIpc) is 3.20. The Morgan fingerprint density at radius 2 is 1.85 bits per heavy atom. The highest BCUT2D eigenvalue weighted by atomic mass is 32.2. The summed E-state index contributed by atoms with van der Waals surface area (Å²) in [6.45, 7) is 4.14.